The Kier molecular flexibility index (Phi) is 3.99. The third kappa shape index (κ3) is 2.57. The molecule has 3 rings (SSSR count). The van der Waals surface area contributed by atoms with Crippen molar-refractivity contribution >= 4 is 15.9 Å². The third-order valence-electron chi connectivity index (χ3n) is 4.17. The Bertz CT molecular complexity index is 559. The molecule has 1 saturated carbocycles. The summed E-state index contributed by atoms with van der Waals surface area (Å²) in [5, 5.41) is 3.69. The number of hydrogen-bond donors (Lipinski definition) is 1. The Labute approximate surface area is 128 Å². The van der Waals surface area contributed by atoms with Crippen molar-refractivity contribution in [2.75, 3.05) is 6.54 Å². The molecule has 1 atom stereocenters. The Morgan fingerprint density at radius 3 is 2.50 bits per heavy atom. The summed E-state index contributed by atoms with van der Waals surface area (Å²) in [4.78, 5) is 0. The fourth-order valence-electron chi connectivity index (χ4n) is 2.99. The summed E-state index contributed by atoms with van der Waals surface area (Å²) in [6, 6.07) is 15.2. The van der Waals surface area contributed by atoms with Crippen LogP contribution >= 0.6 is 15.9 Å². The van der Waals surface area contributed by atoms with Crippen molar-refractivity contribution in [3.05, 3.63) is 58.5 Å². The number of benzene rings is 1. The van der Waals surface area contributed by atoms with Gasteiger partial charge in [-0.25, -0.2) is 0 Å². The van der Waals surface area contributed by atoms with Gasteiger partial charge in [-0.1, -0.05) is 37.3 Å². The smallest absolute Gasteiger partial charge is 0.169 e. The summed E-state index contributed by atoms with van der Waals surface area (Å²) in [5.41, 5.74) is 1.62. The summed E-state index contributed by atoms with van der Waals surface area (Å²) >= 11 is 3.42. The molecule has 106 valence electrons. The minimum atomic E-state index is 0.202. The molecule has 1 unspecified atom stereocenters. The van der Waals surface area contributed by atoms with Crippen molar-refractivity contribution in [1.29, 1.82) is 0 Å². The number of furan rings is 1. The van der Waals surface area contributed by atoms with E-state index in [2.05, 4.69) is 64.6 Å². The number of rotatable bonds is 6. The van der Waals surface area contributed by atoms with Crippen molar-refractivity contribution in [2.24, 2.45) is 0 Å². The van der Waals surface area contributed by atoms with Crippen LogP contribution in [-0.2, 0) is 5.41 Å². The molecule has 1 aliphatic rings. The molecule has 20 heavy (non-hydrogen) atoms. The summed E-state index contributed by atoms with van der Waals surface area (Å²) in [6.07, 6.45) is 3.57. The summed E-state index contributed by atoms with van der Waals surface area (Å²) in [6.45, 7) is 3.21. The summed E-state index contributed by atoms with van der Waals surface area (Å²) in [5.74, 6) is 1.03. The van der Waals surface area contributed by atoms with Crippen LogP contribution in [0, 0.1) is 0 Å². The molecule has 0 spiro atoms. The van der Waals surface area contributed by atoms with E-state index in [1.165, 1.54) is 18.4 Å². The van der Waals surface area contributed by atoms with Gasteiger partial charge in [0.2, 0.25) is 0 Å². The quantitative estimate of drug-likeness (QED) is 0.820. The fraction of sp³-hybridized carbons (Fsp3) is 0.412. The Hall–Kier alpha value is -1.06. The molecule has 3 heteroatoms. The van der Waals surface area contributed by atoms with E-state index < -0.39 is 0 Å². The van der Waals surface area contributed by atoms with Gasteiger partial charge in [0.15, 0.2) is 4.67 Å². The van der Waals surface area contributed by atoms with E-state index in [4.69, 9.17) is 4.42 Å². The van der Waals surface area contributed by atoms with Gasteiger partial charge in [0.05, 0.1) is 6.04 Å². The van der Waals surface area contributed by atoms with Crippen LogP contribution in [0.2, 0.25) is 0 Å². The van der Waals surface area contributed by atoms with Crippen molar-refractivity contribution in [1.82, 2.24) is 5.32 Å². The minimum Gasteiger partial charge on any atom is -0.453 e. The summed E-state index contributed by atoms with van der Waals surface area (Å²) < 4.78 is 6.65. The second kappa shape index (κ2) is 5.74. The van der Waals surface area contributed by atoms with Crippen molar-refractivity contribution < 1.29 is 4.42 Å². The number of hydrogen-bond acceptors (Lipinski definition) is 2. The first-order valence-corrected chi connectivity index (χ1v) is 8.10. The molecule has 0 bridgehead atoms. The topological polar surface area (TPSA) is 25.2 Å². The van der Waals surface area contributed by atoms with Gasteiger partial charge >= 0.3 is 0 Å². The van der Waals surface area contributed by atoms with Crippen LogP contribution < -0.4 is 5.32 Å². The first-order valence-electron chi connectivity index (χ1n) is 7.30. The van der Waals surface area contributed by atoms with Gasteiger partial charge in [0, 0.05) is 5.41 Å². The highest BCUT2D eigenvalue weighted by atomic mass is 79.9. The first-order chi connectivity index (χ1) is 9.76. The first kappa shape index (κ1) is 13.9. The molecule has 1 heterocycles. The van der Waals surface area contributed by atoms with Gasteiger partial charge in [-0.3, -0.25) is 0 Å². The zero-order valence-corrected chi connectivity index (χ0v) is 13.3. The maximum absolute atomic E-state index is 5.84. The van der Waals surface area contributed by atoms with Crippen molar-refractivity contribution in [2.45, 2.75) is 37.6 Å². The zero-order valence-electron chi connectivity index (χ0n) is 11.7. The molecule has 2 nitrogen and oxygen atoms in total. The van der Waals surface area contributed by atoms with Crippen LogP contribution in [0.3, 0.4) is 0 Å². The van der Waals surface area contributed by atoms with Crippen LogP contribution in [0.1, 0.15) is 43.6 Å². The molecule has 0 amide bonds. The standard InChI is InChI=1S/C17H20BrNO/c1-2-12-19-16(14-8-9-15(18)20-14)17(10-11-17)13-6-4-3-5-7-13/h3-9,16,19H,2,10-12H2,1H3. The van der Waals surface area contributed by atoms with E-state index in [1.54, 1.807) is 0 Å². The van der Waals surface area contributed by atoms with Crippen molar-refractivity contribution in [3.8, 4) is 0 Å². The second-order valence-corrected chi connectivity index (χ2v) is 6.33. The molecular weight excluding hydrogens is 314 g/mol. The molecule has 2 aromatic rings. The van der Waals surface area contributed by atoms with E-state index in [9.17, 15) is 0 Å². The molecular formula is C17H20BrNO. The van der Waals surface area contributed by atoms with Gasteiger partial charge in [-0.2, -0.15) is 0 Å². The summed E-state index contributed by atoms with van der Waals surface area (Å²) in [7, 11) is 0. The Balaban J connectivity index is 1.93. The molecule has 1 aromatic carbocycles. The average Bonchev–Trinajstić information content (AvgIpc) is 3.17. The van der Waals surface area contributed by atoms with E-state index in [0.29, 0.717) is 0 Å². The Morgan fingerprint density at radius 1 is 1.20 bits per heavy atom. The highest BCUT2D eigenvalue weighted by Gasteiger charge is 2.52. The maximum atomic E-state index is 5.84. The van der Waals surface area contributed by atoms with Gasteiger partial charge < -0.3 is 9.73 Å². The molecule has 1 N–H and O–H groups in total. The maximum Gasteiger partial charge on any atom is 0.169 e. The second-order valence-electron chi connectivity index (χ2n) is 5.55. The predicted molar refractivity (Wildman–Crippen MR) is 84.8 cm³/mol. The molecule has 0 aliphatic heterocycles. The molecule has 0 radical (unpaired) electrons. The van der Waals surface area contributed by atoms with E-state index >= 15 is 0 Å². The van der Waals surface area contributed by atoms with Crippen LogP contribution in [0.15, 0.2) is 51.6 Å². The normalized spacial score (nSPS) is 17.9. The lowest BCUT2D eigenvalue weighted by Gasteiger charge is -2.27. The Morgan fingerprint density at radius 2 is 1.95 bits per heavy atom. The van der Waals surface area contributed by atoms with Crippen LogP contribution in [0.25, 0.3) is 0 Å². The van der Waals surface area contributed by atoms with Crippen LogP contribution in [-0.4, -0.2) is 6.54 Å². The van der Waals surface area contributed by atoms with E-state index in [-0.39, 0.29) is 11.5 Å². The lowest BCUT2D eigenvalue weighted by Crippen LogP contribution is -2.32. The lowest BCUT2D eigenvalue weighted by atomic mass is 9.86. The molecule has 1 aromatic heterocycles. The van der Waals surface area contributed by atoms with E-state index in [1.807, 2.05) is 6.07 Å². The fourth-order valence-corrected chi connectivity index (χ4v) is 3.31. The van der Waals surface area contributed by atoms with Gasteiger partial charge in [0.1, 0.15) is 5.76 Å². The average molecular weight is 334 g/mol. The van der Waals surface area contributed by atoms with Crippen LogP contribution in [0.5, 0.6) is 0 Å². The monoisotopic (exact) mass is 333 g/mol. The van der Waals surface area contributed by atoms with Crippen LogP contribution in [0.4, 0.5) is 0 Å². The number of halogens is 1. The highest BCUT2D eigenvalue weighted by molar-refractivity contribution is 9.10. The molecule has 1 fully saturated rings. The molecule has 0 saturated heterocycles. The van der Waals surface area contributed by atoms with E-state index in [0.717, 1.165) is 23.4 Å². The van der Waals surface area contributed by atoms with Gasteiger partial charge in [-0.05, 0) is 59.4 Å². The highest BCUT2D eigenvalue weighted by Crippen LogP contribution is 2.56. The van der Waals surface area contributed by atoms with Crippen molar-refractivity contribution in [3.63, 3.8) is 0 Å². The third-order valence-corrected chi connectivity index (χ3v) is 4.59. The number of nitrogens with one attached hydrogen (secondary N) is 1. The zero-order chi connectivity index (χ0) is 14.0. The minimum absolute atomic E-state index is 0.202. The van der Waals surface area contributed by atoms with Gasteiger partial charge in [0.25, 0.3) is 0 Å². The largest absolute Gasteiger partial charge is 0.453 e. The van der Waals surface area contributed by atoms with Gasteiger partial charge in [-0.15, -0.1) is 0 Å². The molecule has 1 aliphatic carbocycles. The SMILES string of the molecule is CCCNC(c1ccc(Br)o1)C1(c2ccccc2)CC1. The lowest BCUT2D eigenvalue weighted by molar-refractivity contribution is 0.346. The predicted octanol–water partition coefficient (Wildman–Crippen LogP) is 4.81.